The first kappa shape index (κ1) is 48.2. The second-order valence-corrected chi connectivity index (χ2v) is 22.9. The van der Waals surface area contributed by atoms with Crippen molar-refractivity contribution < 1.29 is 8.83 Å². The van der Waals surface area contributed by atoms with Crippen molar-refractivity contribution in [2.75, 3.05) is 0 Å². The molecule has 398 valence electrons. The van der Waals surface area contributed by atoms with Crippen molar-refractivity contribution in [2.45, 2.75) is 0 Å². The lowest BCUT2D eigenvalue weighted by molar-refractivity contribution is 0.669. The lowest BCUT2D eigenvalue weighted by atomic mass is 9.83. The zero-order valence-corrected chi connectivity index (χ0v) is 46.7. The minimum atomic E-state index is 0.898. The molecule has 0 radical (unpaired) electrons. The van der Waals surface area contributed by atoms with Gasteiger partial charge in [-0.1, -0.05) is 261 Å². The molecule has 2 aromatic heterocycles. The highest BCUT2D eigenvalue weighted by atomic mass is 16.3. The molecule has 0 N–H and O–H groups in total. The standard InChI is InChI=1S/C84H50O2/c1-3-17-57-47-61(41-31-51(57)15-1)81-68-22-7-5-20-66(68)79(55-37-33-53(34-38-55)63-25-14-30-78-83(63)73-24-10-12-29-77(73)85-78)70-45-43-59(49-74(70)81)60-44-46-71-75(50-60)82(62-42-32-52-16-2-4-18-58(52)48-62)69-23-8-6-21-67(69)80(71)56-39-35-54(36-40-56)64-26-13-27-72-65-19-9-11-28-76(65)86-84(64)72/h1-50H. The predicted octanol–water partition coefficient (Wildman–Crippen LogP) is 24.1. The van der Waals surface area contributed by atoms with Crippen molar-refractivity contribution in [2.24, 2.45) is 0 Å². The van der Waals surface area contributed by atoms with Crippen LogP contribution in [0.1, 0.15) is 0 Å². The number of hydrogen-bond acceptors (Lipinski definition) is 2. The summed E-state index contributed by atoms with van der Waals surface area (Å²) in [6, 6.07) is 112. The van der Waals surface area contributed by atoms with Gasteiger partial charge in [-0.25, -0.2) is 0 Å². The van der Waals surface area contributed by atoms with Crippen LogP contribution in [0.4, 0.5) is 0 Å². The number of furan rings is 2. The van der Waals surface area contributed by atoms with E-state index in [1.807, 2.05) is 12.1 Å². The maximum Gasteiger partial charge on any atom is 0.143 e. The van der Waals surface area contributed by atoms with Gasteiger partial charge in [0, 0.05) is 27.1 Å². The van der Waals surface area contributed by atoms with Gasteiger partial charge in [0.05, 0.1) is 0 Å². The Morgan fingerprint density at radius 2 is 0.535 bits per heavy atom. The molecule has 0 fully saturated rings. The summed E-state index contributed by atoms with van der Waals surface area (Å²) >= 11 is 0. The first-order valence-electron chi connectivity index (χ1n) is 29.6. The second kappa shape index (κ2) is 19.1. The number of benzene rings is 16. The molecule has 0 saturated carbocycles. The molecule has 2 heteroatoms. The molecule has 2 nitrogen and oxygen atoms in total. The normalized spacial score (nSPS) is 12.0. The summed E-state index contributed by atoms with van der Waals surface area (Å²) in [5, 5.41) is 19.1. The van der Waals surface area contributed by atoms with Crippen molar-refractivity contribution >= 4 is 109 Å². The third kappa shape index (κ3) is 7.53. The minimum Gasteiger partial charge on any atom is -0.456 e. The average molecular weight is 1090 g/mol. The Morgan fingerprint density at radius 3 is 1.08 bits per heavy atom. The molecule has 0 aliphatic carbocycles. The lowest BCUT2D eigenvalue weighted by Crippen LogP contribution is -1.93. The van der Waals surface area contributed by atoms with Crippen LogP contribution in [-0.4, -0.2) is 0 Å². The Balaban J connectivity index is 0.850. The molecule has 0 amide bonds. The van der Waals surface area contributed by atoms with E-state index in [1.54, 1.807) is 0 Å². The van der Waals surface area contributed by atoms with E-state index in [0.717, 1.165) is 82.8 Å². The molecule has 0 spiro atoms. The molecule has 0 bridgehead atoms. The van der Waals surface area contributed by atoms with E-state index in [1.165, 1.54) is 104 Å². The summed E-state index contributed by atoms with van der Waals surface area (Å²) in [5.74, 6) is 0. The van der Waals surface area contributed by atoms with Crippen LogP contribution in [0.3, 0.4) is 0 Å². The zero-order valence-electron chi connectivity index (χ0n) is 46.7. The van der Waals surface area contributed by atoms with Gasteiger partial charge in [-0.15, -0.1) is 0 Å². The van der Waals surface area contributed by atoms with E-state index >= 15 is 0 Å². The highest BCUT2D eigenvalue weighted by Crippen LogP contribution is 2.49. The molecule has 0 aliphatic rings. The van der Waals surface area contributed by atoms with Crippen LogP contribution < -0.4 is 0 Å². The molecule has 0 atom stereocenters. The number of hydrogen-bond donors (Lipinski definition) is 0. The Kier molecular flexibility index (Phi) is 10.7. The summed E-state index contributed by atoms with van der Waals surface area (Å²) in [5.41, 5.74) is 20.0. The van der Waals surface area contributed by atoms with Gasteiger partial charge in [-0.2, -0.15) is 0 Å². The second-order valence-electron chi connectivity index (χ2n) is 22.9. The van der Waals surface area contributed by atoms with E-state index in [4.69, 9.17) is 8.83 Å². The molecule has 18 rings (SSSR count). The Labute approximate surface area is 495 Å². The molecule has 16 aromatic carbocycles. The van der Waals surface area contributed by atoms with Crippen LogP contribution in [0.2, 0.25) is 0 Å². The van der Waals surface area contributed by atoms with Crippen molar-refractivity contribution in [3.63, 3.8) is 0 Å². The summed E-state index contributed by atoms with van der Waals surface area (Å²) in [6.45, 7) is 0. The molecular formula is C84H50O2. The third-order valence-electron chi connectivity index (χ3n) is 18.2. The van der Waals surface area contributed by atoms with Gasteiger partial charge in [0.25, 0.3) is 0 Å². The monoisotopic (exact) mass is 1090 g/mol. The molecule has 86 heavy (non-hydrogen) atoms. The lowest BCUT2D eigenvalue weighted by Gasteiger charge is -2.20. The highest BCUT2D eigenvalue weighted by molar-refractivity contribution is 6.25. The topological polar surface area (TPSA) is 26.3 Å². The predicted molar refractivity (Wildman–Crippen MR) is 364 cm³/mol. The number of fused-ring (bicyclic) bond motifs is 12. The molecule has 0 unspecified atom stereocenters. The van der Waals surface area contributed by atoms with Crippen molar-refractivity contribution in [3.05, 3.63) is 303 Å². The van der Waals surface area contributed by atoms with E-state index in [2.05, 4.69) is 291 Å². The molecular weight excluding hydrogens is 1040 g/mol. The largest absolute Gasteiger partial charge is 0.456 e. The van der Waals surface area contributed by atoms with Crippen LogP contribution in [0.5, 0.6) is 0 Å². The van der Waals surface area contributed by atoms with E-state index in [-0.39, 0.29) is 0 Å². The van der Waals surface area contributed by atoms with Crippen molar-refractivity contribution in [3.8, 4) is 77.9 Å². The van der Waals surface area contributed by atoms with E-state index in [0.29, 0.717) is 0 Å². The number of rotatable bonds is 7. The SMILES string of the molecule is c1ccc2cc(-c3c4ccccc4c(-c4ccc(-c5cccc6c5oc5ccccc56)cc4)c4ccc(-c5ccc6c(-c7ccc(-c8cccc9oc%10ccccc%10c89)cc7)c7ccccc7c(-c7ccc8ccccc8c7)c6c5)cc34)ccc2c1. The van der Waals surface area contributed by atoms with Crippen LogP contribution in [-0.2, 0) is 0 Å². The minimum absolute atomic E-state index is 0.898. The summed E-state index contributed by atoms with van der Waals surface area (Å²) < 4.78 is 12.9. The summed E-state index contributed by atoms with van der Waals surface area (Å²) in [6.07, 6.45) is 0. The fourth-order valence-electron chi connectivity index (χ4n) is 14.3. The van der Waals surface area contributed by atoms with Gasteiger partial charge in [0.15, 0.2) is 0 Å². The first-order valence-corrected chi connectivity index (χ1v) is 29.6. The fourth-order valence-corrected chi connectivity index (χ4v) is 14.3. The molecule has 0 aliphatic heterocycles. The number of para-hydroxylation sites is 3. The fraction of sp³-hybridized carbons (Fsp3) is 0. The van der Waals surface area contributed by atoms with Crippen molar-refractivity contribution in [1.82, 2.24) is 0 Å². The van der Waals surface area contributed by atoms with Gasteiger partial charge in [-0.3, -0.25) is 0 Å². The quantitative estimate of drug-likeness (QED) is 0.149. The molecule has 2 heterocycles. The highest BCUT2D eigenvalue weighted by Gasteiger charge is 2.22. The molecule has 18 aromatic rings. The van der Waals surface area contributed by atoms with Gasteiger partial charge in [0.1, 0.15) is 22.3 Å². The summed E-state index contributed by atoms with van der Waals surface area (Å²) in [7, 11) is 0. The first-order chi connectivity index (χ1) is 42.6. The Bertz CT molecular complexity index is 5820. The van der Waals surface area contributed by atoms with Gasteiger partial charge in [-0.05, 0) is 179 Å². The van der Waals surface area contributed by atoms with Crippen LogP contribution in [0, 0.1) is 0 Å². The maximum absolute atomic E-state index is 6.54. The smallest absolute Gasteiger partial charge is 0.143 e. The average Bonchev–Trinajstić information content (AvgIpc) is 1.26. The Morgan fingerprint density at radius 1 is 0.174 bits per heavy atom. The molecule has 0 saturated heterocycles. The maximum atomic E-state index is 6.54. The third-order valence-corrected chi connectivity index (χ3v) is 18.2. The van der Waals surface area contributed by atoms with Crippen LogP contribution >= 0.6 is 0 Å². The van der Waals surface area contributed by atoms with E-state index < -0.39 is 0 Å². The summed E-state index contributed by atoms with van der Waals surface area (Å²) in [4.78, 5) is 0. The van der Waals surface area contributed by atoms with Gasteiger partial charge >= 0.3 is 0 Å². The van der Waals surface area contributed by atoms with Gasteiger partial charge < -0.3 is 8.83 Å². The van der Waals surface area contributed by atoms with E-state index in [9.17, 15) is 0 Å². The van der Waals surface area contributed by atoms with Gasteiger partial charge in [0.2, 0.25) is 0 Å². The van der Waals surface area contributed by atoms with Crippen LogP contribution in [0.15, 0.2) is 312 Å². The Hall–Kier alpha value is -11.3. The van der Waals surface area contributed by atoms with Crippen molar-refractivity contribution in [1.29, 1.82) is 0 Å². The van der Waals surface area contributed by atoms with Crippen LogP contribution in [0.25, 0.3) is 186 Å². The zero-order chi connectivity index (χ0) is 56.4.